The van der Waals surface area contributed by atoms with E-state index in [1.54, 1.807) is 0 Å². The number of benzene rings is 1. The number of hydrogen-bond acceptors (Lipinski definition) is 13. The van der Waals surface area contributed by atoms with E-state index in [2.05, 4.69) is 0 Å². The van der Waals surface area contributed by atoms with E-state index in [0.717, 1.165) is 12.3 Å². The average molecular weight is 526 g/mol. The predicted molar refractivity (Wildman–Crippen MR) is 121 cm³/mol. The quantitative estimate of drug-likeness (QED) is 0.117. The van der Waals surface area contributed by atoms with E-state index in [4.69, 9.17) is 18.9 Å². The van der Waals surface area contributed by atoms with E-state index in [0.29, 0.717) is 5.56 Å². The van der Waals surface area contributed by atoms with Crippen molar-refractivity contribution >= 4 is 12.0 Å². The fourth-order valence-corrected chi connectivity index (χ4v) is 5.00. The molecule has 1 saturated heterocycles. The zero-order valence-corrected chi connectivity index (χ0v) is 19.7. The van der Waals surface area contributed by atoms with Crippen molar-refractivity contribution in [1.82, 2.24) is 0 Å². The van der Waals surface area contributed by atoms with Crippen LogP contribution in [0.3, 0.4) is 0 Å². The van der Waals surface area contributed by atoms with Gasteiger partial charge in [-0.05, 0) is 36.8 Å². The molecule has 1 aromatic rings. The van der Waals surface area contributed by atoms with Gasteiger partial charge in [-0.1, -0.05) is 6.07 Å². The van der Waals surface area contributed by atoms with E-state index in [1.807, 2.05) is 0 Å². The summed E-state index contributed by atoms with van der Waals surface area (Å²) in [5.41, 5.74) is -3.16. The molecule has 8 N–H and O–H groups in total. The smallest absolute Gasteiger partial charge is 0.331 e. The molecule has 2 fully saturated rings. The summed E-state index contributed by atoms with van der Waals surface area (Å²) in [7, 11) is 0. The van der Waals surface area contributed by atoms with Crippen LogP contribution in [0.4, 0.5) is 0 Å². The summed E-state index contributed by atoms with van der Waals surface area (Å²) in [6.07, 6.45) is -6.46. The van der Waals surface area contributed by atoms with Crippen molar-refractivity contribution in [2.24, 2.45) is 5.92 Å². The van der Waals surface area contributed by atoms with Crippen LogP contribution in [0.2, 0.25) is 0 Å². The van der Waals surface area contributed by atoms with Crippen molar-refractivity contribution < 1.29 is 64.6 Å². The van der Waals surface area contributed by atoms with Crippen LogP contribution in [0.5, 0.6) is 11.5 Å². The fourth-order valence-electron chi connectivity index (χ4n) is 5.00. The van der Waals surface area contributed by atoms with Crippen LogP contribution in [-0.4, -0.2) is 108 Å². The molecule has 2 heterocycles. The van der Waals surface area contributed by atoms with Crippen molar-refractivity contribution in [3.05, 3.63) is 42.2 Å². The summed E-state index contributed by atoms with van der Waals surface area (Å²) in [5.74, 6) is -2.83. The van der Waals surface area contributed by atoms with Gasteiger partial charge in [-0.3, -0.25) is 0 Å². The lowest BCUT2D eigenvalue weighted by molar-refractivity contribution is -0.351. The Kier molecular flexibility index (Phi) is 7.52. The van der Waals surface area contributed by atoms with Gasteiger partial charge in [-0.2, -0.15) is 0 Å². The Hall–Kier alpha value is -2.75. The third-order valence-electron chi connectivity index (χ3n) is 6.97. The lowest BCUT2D eigenvalue weighted by atomic mass is 9.81. The second-order valence-electron chi connectivity index (χ2n) is 9.54. The van der Waals surface area contributed by atoms with Crippen molar-refractivity contribution in [3.8, 4) is 11.5 Å². The van der Waals surface area contributed by atoms with Gasteiger partial charge < -0.3 is 59.8 Å². The maximum absolute atomic E-state index is 12.7. The summed E-state index contributed by atoms with van der Waals surface area (Å²) in [4.78, 5) is 12.7. The number of aromatic hydroxyl groups is 2. The molecule has 3 aliphatic rings. The first-order valence-electron chi connectivity index (χ1n) is 11.5. The number of ether oxygens (including phenoxy) is 4. The van der Waals surface area contributed by atoms with E-state index in [1.165, 1.54) is 37.3 Å². The van der Waals surface area contributed by atoms with Crippen molar-refractivity contribution in [3.63, 3.8) is 0 Å². The normalized spacial score (nSPS) is 41.4. The van der Waals surface area contributed by atoms with E-state index in [9.17, 15) is 45.6 Å². The Bertz CT molecular complexity index is 1060. The van der Waals surface area contributed by atoms with Gasteiger partial charge in [0.2, 0.25) is 6.29 Å². The van der Waals surface area contributed by atoms with E-state index >= 15 is 0 Å². The van der Waals surface area contributed by atoms with Gasteiger partial charge in [0.25, 0.3) is 0 Å². The summed E-state index contributed by atoms with van der Waals surface area (Å²) in [6.45, 7) is 0.756. The van der Waals surface area contributed by atoms with Crippen LogP contribution in [0.15, 0.2) is 36.6 Å². The second-order valence-corrected chi connectivity index (χ2v) is 9.54. The first kappa shape index (κ1) is 27.3. The molecule has 1 saturated carbocycles. The molecular formula is C24H30O13. The van der Waals surface area contributed by atoms with Gasteiger partial charge in [0.1, 0.15) is 35.6 Å². The molecular weight excluding hydrogens is 496 g/mol. The van der Waals surface area contributed by atoms with Crippen molar-refractivity contribution in [2.45, 2.75) is 67.6 Å². The van der Waals surface area contributed by atoms with Gasteiger partial charge in [0, 0.05) is 12.5 Å². The third kappa shape index (κ3) is 5.04. The maximum atomic E-state index is 12.7. The number of carbonyl (C=O) groups excluding carboxylic acids is 1. The number of esters is 1. The number of fused-ring (bicyclic) bond motifs is 1. The number of hydrogen-bond donors (Lipinski definition) is 8. The minimum Gasteiger partial charge on any atom is -0.504 e. The predicted octanol–water partition coefficient (Wildman–Crippen LogP) is -1.79. The number of phenols is 2. The van der Waals surface area contributed by atoms with Crippen LogP contribution in [0.25, 0.3) is 6.08 Å². The highest BCUT2D eigenvalue weighted by atomic mass is 16.8. The van der Waals surface area contributed by atoms with Crippen LogP contribution in [0.1, 0.15) is 18.9 Å². The minimum atomic E-state index is -1.97. The van der Waals surface area contributed by atoms with Crippen LogP contribution in [0, 0.1) is 5.92 Å². The molecule has 13 nitrogen and oxygen atoms in total. The first-order chi connectivity index (χ1) is 17.4. The minimum absolute atomic E-state index is 0.226. The highest BCUT2D eigenvalue weighted by molar-refractivity contribution is 5.87. The standard InChI is InChI=1S/C24H30O13/c1-23(37-16(29)5-3-11-2-4-12(26)13(27)8-11)9-15(28)24(33)6-7-34-22(20(23)24)36-21-19(32)18(31)17(30)14(10-25)35-21/h2-8,14-15,17-22,25-28,30-33H,9-10H2,1H3/b5-3+/t14-,15-,17-,18+,19-,20-,21+,22+,23+,24-/m1/s1. The summed E-state index contributed by atoms with van der Waals surface area (Å²) in [5, 5.41) is 80.8. The lowest BCUT2D eigenvalue weighted by Crippen LogP contribution is -2.62. The molecule has 0 aromatic heterocycles. The highest BCUT2D eigenvalue weighted by Crippen LogP contribution is 2.51. The van der Waals surface area contributed by atoms with E-state index in [-0.39, 0.29) is 17.9 Å². The van der Waals surface area contributed by atoms with Crippen molar-refractivity contribution in [1.29, 1.82) is 0 Å². The largest absolute Gasteiger partial charge is 0.504 e. The average Bonchev–Trinajstić information content (AvgIpc) is 3.05. The summed E-state index contributed by atoms with van der Waals surface area (Å²) < 4.78 is 22.2. The molecule has 0 unspecified atom stereocenters. The van der Waals surface area contributed by atoms with Gasteiger partial charge in [-0.15, -0.1) is 0 Å². The molecule has 1 aliphatic carbocycles. The van der Waals surface area contributed by atoms with Crippen LogP contribution < -0.4 is 0 Å². The number of aliphatic hydroxyl groups is 6. The zero-order chi connectivity index (χ0) is 27.1. The molecule has 0 bridgehead atoms. The van der Waals surface area contributed by atoms with Crippen LogP contribution >= 0.6 is 0 Å². The molecule has 13 heteroatoms. The Morgan fingerprint density at radius 3 is 2.51 bits per heavy atom. The molecule has 0 radical (unpaired) electrons. The van der Waals surface area contributed by atoms with Gasteiger partial charge in [0.15, 0.2) is 17.8 Å². The van der Waals surface area contributed by atoms with Gasteiger partial charge >= 0.3 is 5.97 Å². The molecule has 0 spiro atoms. The first-order valence-corrected chi connectivity index (χ1v) is 11.5. The molecule has 2 aliphatic heterocycles. The molecule has 1 aromatic carbocycles. The fraction of sp³-hybridized carbons (Fsp3) is 0.542. The maximum Gasteiger partial charge on any atom is 0.331 e. The molecule has 204 valence electrons. The number of phenolic OH excluding ortho intramolecular Hbond substituents is 2. The number of carbonyl (C=O) groups is 1. The van der Waals surface area contributed by atoms with Gasteiger partial charge in [0.05, 0.1) is 24.9 Å². The lowest BCUT2D eigenvalue weighted by Gasteiger charge is -2.45. The van der Waals surface area contributed by atoms with Crippen LogP contribution in [-0.2, 0) is 23.7 Å². The number of aliphatic hydroxyl groups excluding tert-OH is 5. The molecule has 4 rings (SSSR count). The number of rotatable bonds is 6. The zero-order valence-electron chi connectivity index (χ0n) is 19.7. The Labute approximate surface area is 211 Å². The second kappa shape index (κ2) is 10.2. The summed E-state index contributed by atoms with van der Waals surface area (Å²) in [6, 6.07) is 3.91. The summed E-state index contributed by atoms with van der Waals surface area (Å²) >= 11 is 0. The monoisotopic (exact) mass is 526 g/mol. The Balaban J connectivity index is 1.55. The SMILES string of the molecule is C[C@]1(OC(=O)/C=C/c2ccc(O)c(O)c2)C[C@@H](O)[C@]2(O)C=CO[C@@H](O[C@@H]3O[C@H](CO)[C@@H](O)[C@H](O)[C@H]3O)[C@@H]21. The molecule has 0 amide bonds. The Morgan fingerprint density at radius 1 is 1.11 bits per heavy atom. The van der Waals surface area contributed by atoms with Gasteiger partial charge in [-0.25, -0.2) is 4.79 Å². The third-order valence-corrected chi connectivity index (χ3v) is 6.97. The van der Waals surface area contributed by atoms with E-state index < -0.39 is 72.8 Å². The highest BCUT2D eigenvalue weighted by Gasteiger charge is 2.66. The van der Waals surface area contributed by atoms with Crippen molar-refractivity contribution in [2.75, 3.05) is 6.61 Å². The molecule has 37 heavy (non-hydrogen) atoms. The Morgan fingerprint density at radius 2 is 1.84 bits per heavy atom. The topological polar surface area (TPSA) is 216 Å². The molecule has 10 atom stereocenters.